The summed E-state index contributed by atoms with van der Waals surface area (Å²) in [7, 11) is 0. The first kappa shape index (κ1) is 14.0. The summed E-state index contributed by atoms with van der Waals surface area (Å²) in [6.45, 7) is 3.59. The number of ether oxygens (including phenoxy) is 2. The molecule has 1 saturated heterocycles. The Morgan fingerprint density at radius 2 is 2.26 bits per heavy atom. The fourth-order valence-electron chi connectivity index (χ4n) is 2.43. The molecule has 1 aromatic rings. The lowest BCUT2D eigenvalue weighted by Gasteiger charge is -2.35. The molecular weight excluding hydrogens is 244 g/mol. The molecule has 2 heterocycles. The molecule has 5 heteroatoms. The Hall–Kier alpha value is -1.46. The van der Waals surface area contributed by atoms with Crippen molar-refractivity contribution in [2.24, 2.45) is 0 Å². The molecule has 0 radical (unpaired) electrons. The number of rotatable bonds is 5. The highest BCUT2D eigenvalue weighted by Gasteiger charge is 2.40. The molecule has 0 atom stereocenters. The van der Waals surface area contributed by atoms with Crippen LogP contribution in [0.3, 0.4) is 0 Å². The standard InChI is InChI=1S/C14H20N2O3/c1-2-19-14(4-7-18-8-5-14)12(17)9-11-3-6-16-13(15)10-11/h3,6,10H,2,4-5,7-9H2,1H3,(H2,15,16). The summed E-state index contributed by atoms with van der Waals surface area (Å²) in [6.07, 6.45) is 3.20. The van der Waals surface area contributed by atoms with Gasteiger partial charge in [0.2, 0.25) is 0 Å². The Kier molecular flexibility index (Phi) is 4.50. The highest BCUT2D eigenvalue weighted by molar-refractivity contribution is 5.89. The molecule has 0 bridgehead atoms. The van der Waals surface area contributed by atoms with Crippen LogP contribution in [0.15, 0.2) is 18.3 Å². The third-order valence-corrected chi connectivity index (χ3v) is 3.44. The van der Waals surface area contributed by atoms with E-state index in [2.05, 4.69) is 4.98 Å². The van der Waals surface area contributed by atoms with Crippen molar-refractivity contribution in [1.29, 1.82) is 0 Å². The average Bonchev–Trinajstić information content (AvgIpc) is 2.40. The van der Waals surface area contributed by atoms with Crippen molar-refractivity contribution >= 4 is 11.6 Å². The summed E-state index contributed by atoms with van der Waals surface area (Å²) in [6, 6.07) is 3.55. The first-order valence-electron chi connectivity index (χ1n) is 6.62. The third-order valence-electron chi connectivity index (χ3n) is 3.44. The number of pyridine rings is 1. The number of carbonyl (C=O) groups is 1. The minimum absolute atomic E-state index is 0.100. The molecule has 1 aromatic heterocycles. The van der Waals surface area contributed by atoms with Gasteiger partial charge in [-0.05, 0) is 24.6 Å². The maximum atomic E-state index is 12.5. The van der Waals surface area contributed by atoms with E-state index < -0.39 is 5.60 Å². The molecule has 2 N–H and O–H groups in total. The van der Waals surface area contributed by atoms with E-state index in [1.165, 1.54) is 0 Å². The van der Waals surface area contributed by atoms with Gasteiger partial charge in [-0.25, -0.2) is 4.98 Å². The van der Waals surface area contributed by atoms with Crippen molar-refractivity contribution in [3.05, 3.63) is 23.9 Å². The van der Waals surface area contributed by atoms with E-state index in [9.17, 15) is 4.79 Å². The lowest BCUT2D eigenvalue weighted by atomic mass is 9.86. The van der Waals surface area contributed by atoms with Gasteiger partial charge < -0.3 is 15.2 Å². The van der Waals surface area contributed by atoms with Gasteiger partial charge in [0.05, 0.1) is 0 Å². The number of aromatic nitrogens is 1. The van der Waals surface area contributed by atoms with Crippen molar-refractivity contribution in [2.75, 3.05) is 25.6 Å². The number of Topliss-reactive ketones (excluding diaryl/α,β-unsaturated/α-hetero) is 1. The second-order valence-electron chi connectivity index (χ2n) is 4.73. The predicted octanol–water partition coefficient (Wildman–Crippen LogP) is 1.36. The van der Waals surface area contributed by atoms with Crippen LogP contribution >= 0.6 is 0 Å². The second-order valence-corrected chi connectivity index (χ2v) is 4.73. The van der Waals surface area contributed by atoms with Crippen LogP contribution in [-0.4, -0.2) is 36.2 Å². The minimum atomic E-state index is -0.689. The van der Waals surface area contributed by atoms with Crippen LogP contribution in [0.4, 0.5) is 5.82 Å². The lowest BCUT2D eigenvalue weighted by Crippen LogP contribution is -2.47. The van der Waals surface area contributed by atoms with Gasteiger partial charge in [0.15, 0.2) is 5.78 Å². The molecule has 0 spiro atoms. The number of nitrogens with zero attached hydrogens (tertiary/aromatic N) is 1. The summed E-state index contributed by atoms with van der Waals surface area (Å²) < 4.78 is 11.1. The fraction of sp³-hybridized carbons (Fsp3) is 0.571. The molecule has 5 nitrogen and oxygen atoms in total. The monoisotopic (exact) mass is 264 g/mol. The summed E-state index contributed by atoms with van der Waals surface area (Å²) >= 11 is 0. The number of hydrogen-bond acceptors (Lipinski definition) is 5. The molecular formula is C14H20N2O3. The van der Waals surface area contributed by atoms with E-state index in [1.54, 1.807) is 12.3 Å². The first-order chi connectivity index (χ1) is 9.16. The quantitative estimate of drug-likeness (QED) is 0.869. The smallest absolute Gasteiger partial charge is 0.169 e. The third kappa shape index (κ3) is 3.30. The van der Waals surface area contributed by atoms with Gasteiger partial charge in [-0.3, -0.25) is 4.79 Å². The topological polar surface area (TPSA) is 74.4 Å². The molecule has 19 heavy (non-hydrogen) atoms. The number of ketones is 1. The van der Waals surface area contributed by atoms with E-state index in [1.807, 2.05) is 13.0 Å². The van der Waals surface area contributed by atoms with Crippen molar-refractivity contribution in [3.63, 3.8) is 0 Å². The molecule has 0 saturated carbocycles. The highest BCUT2D eigenvalue weighted by Crippen LogP contribution is 2.27. The van der Waals surface area contributed by atoms with Crippen molar-refractivity contribution in [1.82, 2.24) is 4.98 Å². The first-order valence-corrected chi connectivity index (χ1v) is 6.62. The Balaban J connectivity index is 2.11. The Bertz CT molecular complexity index is 437. The molecule has 0 aromatic carbocycles. The van der Waals surface area contributed by atoms with Crippen LogP contribution < -0.4 is 5.73 Å². The lowest BCUT2D eigenvalue weighted by molar-refractivity contribution is -0.156. The van der Waals surface area contributed by atoms with E-state index in [4.69, 9.17) is 15.2 Å². The van der Waals surface area contributed by atoms with E-state index >= 15 is 0 Å². The molecule has 1 aliphatic heterocycles. The maximum Gasteiger partial charge on any atom is 0.169 e. The van der Waals surface area contributed by atoms with Gasteiger partial charge in [-0.1, -0.05) is 0 Å². The van der Waals surface area contributed by atoms with Crippen LogP contribution in [0, 0.1) is 0 Å². The van der Waals surface area contributed by atoms with E-state index in [-0.39, 0.29) is 5.78 Å². The van der Waals surface area contributed by atoms with Crippen molar-refractivity contribution < 1.29 is 14.3 Å². The van der Waals surface area contributed by atoms with Gasteiger partial charge in [0, 0.05) is 45.3 Å². The molecule has 0 aliphatic carbocycles. The average molecular weight is 264 g/mol. The number of nitrogen functional groups attached to an aromatic ring is 1. The zero-order valence-electron chi connectivity index (χ0n) is 11.2. The molecule has 1 fully saturated rings. The zero-order chi connectivity index (χ0) is 13.7. The molecule has 0 unspecified atom stereocenters. The zero-order valence-corrected chi connectivity index (χ0v) is 11.2. The maximum absolute atomic E-state index is 12.5. The minimum Gasteiger partial charge on any atom is -0.384 e. The fourth-order valence-corrected chi connectivity index (χ4v) is 2.43. The van der Waals surface area contributed by atoms with Crippen LogP contribution in [0.1, 0.15) is 25.3 Å². The molecule has 0 amide bonds. The van der Waals surface area contributed by atoms with E-state index in [0.717, 1.165) is 5.56 Å². The summed E-state index contributed by atoms with van der Waals surface area (Å²) in [5, 5.41) is 0. The number of hydrogen-bond donors (Lipinski definition) is 1. The normalized spacial score (nSPS) is 18.2. The molecule has 2 rings (SSSR count). The van der Waals surface area contributed by atoms with Crippen molar-refractivity contribution in [3.8, 4) is 0 Å². The van der Waals surface area contributed by atoms with E-state index in [0.29, 0.717) is 44.9 Å². The van der Waals surface area contributed by atoms with Crippen molar-refractivity contribution in [2.45, 2.75) is 31.8 Å². The number of nitrogens with two attached hydrogens (primary N) is 1. The van der Waals surface area contributed by atoms with Crippen LogP contribution in [0.5, 0.6) is 0 Å². The predicted molar refractivity (Wildman–Crippen MR) is 71.8 cm³/mol. The summed E-state index contributed by atoms with van der Waals surface area (Å²) in [4.78, 5) is 16.5. The second kappa shape index (κ2) is 6.12. The van der Waals surface area contributed by atoms with Crippen LogP contribution in [0.2, 0.25) is 0 Å². The Morgan fingerprint density at radius 1 is 1.53 bits per heavy atom. The van der Waals surface area contributed by atoms with Crippen LogP contribution in [-0.2, 0) is 20.7 Å². The Morgan fingerprint density at radius 3 is 2.89 bits per heavy atom. The molecule has 104 valence electrons. The summed E-state index contributed by atoms with van der Waals surface area (Å²) in [5.74, 6) is 0.533. The van der Waals surface area contributed by atoms with Gasteiger partial charge >= 0.3 is 0 Å². The highest BCUT2D eigenvalue weighted by atomic mass is 16.5. The van der Waals surface area contributed by atoms with Gasteiger partial charge in [-0.15, -0.1) is 0 Å². The van der Waals surface area contributed by atoms with Gasteiger partial charge in [0.1, 0.15) is 11.4 Å². The summed E-state index contributed by atoms with van der Waals surface area (Å²) in [5.41, 5.74) is 5.82. The van der Waals surface area contributed by atoms with Crippen LogP contribution in [0.25, 0.3) is 0 Å². The largest absolute Gasteiger partial charge is 0.384 e. The SMILES string of the molecule is CCOC1(C(=O)Cc2ccnc(N)c2)CCOCC1. The number of carbonyl (C=O) groups excluding carboxylic acids is 1. The van der Waals surface area contributed by atoms with Gasteiger partial charge in [0.25, 0.3) is 0 Å². The molecule has 1 aliphatic rings. The number of anilines is 1. The Labute approximate surface area is 113 Å². The van der Waals surface area contributed by atoms with Gasteiger partial charge in [-0.2, -0.15) is 0 Å².